The Labute approximate surface area is 123 Å². The largest absolute Gasteiger partial charge is 0.314 e. The van der Waals surface area contributed by atoms with Gasteiger partial charge in [0, 0.05) is 6.04 Å². The van der Waals surface area contributed by atoms with E-state index in [1.54, 1.807) is 12.1 Å². The fourth-order valence-electron chi connectivity index (χ4n) is 3.61. The highest BCUT2D eigenvalue weighted by Gasteiger charge is 2.26. The van der Waals surface area contributed by atoms with E-state index >= 15 is 0 Å². The molecule has 2 rings (SSSR count). The Morgan fingerprint density at radius 3 is 2.85 bits per heavy atom. The van der Waals surface area contributed by atoms with Crippen LogP contribution >= 0.6 is 0 Å². The van der Waals surface area contributed by atoms with Gasteiger partial charge in [-0.1, -0.05) is 32.8 Å². The zero-order valence-electron chi connectivity index (χ0n) is 13.1. The van der Waals surface area contributed by atoms with Gasteiger partial charge in [0.05, 0.1) is 0 Å². The summed E-state index contributed by atoms with van der Waals surface area (Å²) in [6.45, 7) is 7.60. The molecule has 1 aromatic carbocycles. The van der Waals surface area contributed by atoms with Gasteiger partial charge in [0.1, 0.15) is 5.82 Å². The van der Waals surface area contributed by atoms with Crippen molar-refractivity contribution in [3.05, 3.63) is 35.1 Å². The third-order valence-electron chi connectivity index (χ3n) is 4.76. The fourth-order valence-corrected chi connectivity index (χ4v) is 3.61. The quantitative estimate of drug-likeness (QED) is 0.836. The van der Waals surface area contributed by atoms with Gasteiger partial charge in [-0.3, -0.25) is 0 Å². The van der Waals surface area contributed by atoms with E-state index in [1.807, 2.05) is 6.07 Å². The van der Waals surface area contributed by atoms with Crippen molar-refractivity contribution in [3.8, 4) is 0 Å². The topological polar surface area (TPSA) is 12.0 Å². The van der Waals surface area contributed by atoms with E-state index in [0.717, 1.165) is 30.4 Å². The lowest BCUT2D eigenvalue weighted by atomic mass is 9.77. The molecule has 3 atom stereocenters. The first kappa shape index (κ1) is 15.5. The van der Waals surface area contributed by atoms with E-state index in [-0.39, 0.29) is 5.82 Å². The van der Waals surface area contributed by atoms with Gasteiger partial charge in [-0.25, -0.2) is 4.39 Å². The van der Waals surface area contributed by atoms with Crippen LogP contribution in [-0.2, 0) is 6.42 Å². The molecule has 1 N–H and O–H groups in total. The molecule has 0 heterocycles. The minimum atomic E-state index is -0.113. The molecule has 1 nitrogen and oxygen atoms in total. The van der Waals surface area contributed by atoms with Crippen LogP contribution < -0.4 is 5.32 Å². The summed E-state index contributed by atoms with van der Waals surface area (Å²) in [6, 6.07) is 5.66. The monoisotopic (exact) mass is 277 g/mol. The van der Waals surface area contributed by atoms with E-state index in [2.05, 4.69) is 26.1 Å². The third kappa shape index (κ3) is 4.05. The van der Waals surface area contributed by atoms with E-state index in [1.165, 1.54) is 31.2 Å². The first-order valence-corrected chi connectivity index (χ1v) is 8.08. The van der Waals surface area contributed by atoms with E-state index < -0.39 is 0 Å². The molecule has 1 aliphatic rings. The molecule has 20 heavy (non-hydrogen) atoms. The lowest BCUT2D eigenvalue weighted by molar-refractivity contribution is 0.222. The summed E-state index contributed by atoms with van der Waals surface area (Å²) in [4.78, 5) is 0. The van der Waals surface area contributed by atoms with Crippen LogP contribution in [-0.4, -0.2) is 12.6 Å². The van der Waals surface area contributed by atoms with Gasteiger partial charge < -0.3 is 5.32 Å². The molecule has 1 fully saturated rings. The van der Waals surface area contributed by atoms with Gasteiger partial charge in [0.2, 0.25) is 0 Å². The van der Waals surface area contributed by atoms with Crippen LogP contribution in [0.3, 0.4) is 0 Å². The number of likely N-dealkylation sites (N-methyl/N-ethyl adjacent to an activating group) is 1. The maximum Gasteiger partial charge on any atom is 0.123 e. The number of nitrogens with one attached hydrogen (secondary N) is 1. The fraction of sp³-hybridized carbons (Fsp3) is 0.667. The highest BCUT2D eigenvalue weighted by molar-refractivity contribution is 5.27. The first-order valence-electron chi connectivity index (χ1n) is 8.08. The Morgan fingerprint density at radius 2 is 2.15 bits per heavy atom. The standard InChI is InChI=1S/C18H28FN/c1-4-20-18(15-7-5-6-13(2)10-15)12-16-11-17(19)9-8-14(16)3/h8-9,11,13,15,18,20H,4-7,10,12H2,1-3H3. The van der Waals surface area contributed by atoms with Gasteiger partial charge in [0.15, 0.2) is 0 Å². The van der Waals surface area contributed by atoms with Gasteiger partial charge in [-0.05, 0) is 67.8 Å². The number of rotatable bonds is 5. The van der Waals surface area contributed by atoms with Crippen molar-refractivity contribution in [2.45, 2.75) is 58.9 Å². The van der Waals surface area contributed by atoms with Crippen LogP contribution in [0, 0.1) is 24.6 Å². The average molecular weight is 277 g/mol. The van der Waals surface area contributed by atoms with Crippen molar-refractivity contribution >= 4 is 0 Å². The maximum absolute atomic E-state index is 13.5. The molecular weight excluding hydrogens is 249 g/mol. The van der Waals surface area contributed by atoms with E-state index in [9.17, 15) is 4.39 Å². The zero-order chi connectivity index (χ0) is 14.5. The highest BCUT2D eigenvalue weighted by atomic mass is 19.1. The molecule has 1 aromatic rings. The van der Waals surface area contributed by atoms with Crippen molar-refractivity contribution in [3.63, 3.8) is 0 Å². The van der Waals surface area contributed by atoms with Crippen LogP contribution in [0.4, 0.5) is 4.39 Å². The normalized spacial score (nSPS) is 24.6. The van der Waals surface area contributed by atoms with Crippen molar-refractivity contribution in [1.82, 2.24) is 5.32 Å². The molecular formula is C18H28FN. The molecule has 0 amide bonds. The number of benzene rings is 1. The minimum Gasteiger partial charge on any atom is -0.314 e. The summed E-state index contributed by atoms with van der Waals surface area (Å²) in [6.07, 6.45) is 6.29. The van der Waals surface area contributed by atoms with Crippen LogP contribution in [0.2, 0.25) is 0 Å². The Morgan fingerprint density at radius 1 is 1.35 bits per heavy atom. The molecule has 1 saturated carbocycles. The maximum atomic E-state index is 13.5. The number of aryl methyl sites for hydroxylation is 1. The molecule has 3 unspecified atom stereocenters. The van der Waals surface area contributed by atoms with Crippen LogP contribution in [0.5, 0.6) is 0 Å². The summed E-state index contributed by atoms with van der Waals surface area (Å²) >= 11 is 0. The minimum absolute atomic E-state index is 0.113. The summed E-state index contributed by atoms with van der Waals surface area (Å²) in [5.41, 5.74) is 2.37. The molecule has 0 spiro atoms. The van der Waals surface area contributed by atoms with E-state index in [0.29, 0.717) is 6.04 Å². The Bertz CT molecular complexity index is 429. The van der Waals surface area contributed by atoms with Crippen LogP contribution in [0.1, 0.15) is 50.7 Å². The molecule has 0 radical (unpaired) electrons. The Balaban J connectivity index is 2.10. The zero-order valence-corrected chi connectivity index (χ0v) is 13.1. The smallest absolute Gasteiger partial charge is 0.123 e. The molecule has 0 aliphatic heterocycles. The Hall–Kier alpha value is -0.890. The molecule has 1 aliphatic carbocycles. The van der Waals surface area contributed by atoms with Crippen molar-refractivity contribution in [1.29, 1.82) is 0 Å². The predicted octanol–water partition coefficient (Wildman–Crippen LogP) is 4.48. The molecule has 2 heteroatoms. The van der Waals surface area contributed by atoms with Gasteiger partial charge >= 0.3 is 0 Å². The molecule has 112 valence electrons. The van der Waals surface area contributed by atoms with Gasteiger partial charge in [-0.15, -0.1) is 0 Å². The SMILES string of the molecule is CCNC(Cc1cc(F)ccc1C)C1CCCC(C)C1. The lowest BCUT2D eigenvalue weighted by Crippen LogP contribution is -2.40. The van der Waals surface area contributed by atoms with E-state index in [4.69, 9.17) is 0 Å². The summed E-state index contributed by atoms with van der Waals surface area (Å²) in [5.74, 6) is 1.46. The van der Waals surface area contributed by atoms with Crippen LogP contribution in [0.15, 0.2) is 18.2 Å². The highest BCUT2D eigenvalue weighted by Crippen LogP contribution is 2.32. The van der Waals surface area contributed by atoms with Crippen LogP contribution in [0.25, 0.3) is 0 Å². The second-order valence-corrected chi connectivity index (χ2v) is 6.47. The molecule has 0 saturated heterocycles. The lowest BCUT2D eigenvalue weighted by Gasteiger charge is -2.34. The average Bonchev–Trinajstić information content (AvgIpc) is 2.42. The van der Waals surface area contributed by atoms with Crippen molar-refractivity contribution in [2.75, 3.05) is 6.54 Å². The first-order chi connectivity index (χ1) is 9.60. The Kier molecular flexibility index (Phi) is 5.59. The number of halogens is 1. The summed E-state index contributed by atoms with van der Waals surface area (Å²) in [5, 5.41) is 3.65. The summed E-state index contributed by atoms with van der Waals surface area (Å²) in [7, 11) is 0. The number of hydrogen-bond acceptors (Lipinski definition) is 1. The second kappa shape index (κ2) is 7.21. The molecule has 0 aromatic heterocycles. The summed E-state index contributed by atoms with van der Waals surface area (Å²) < 4.78 is 13.5. The number of hydrogen-bond donors (Lipinski definition) is 1. The third-order valence-corrected chi connectivity index (χ3v) is 4.76. The predicted molar refractivity (Wildman–Crippen MR) is 83.4 cm³/mol. The van der Waals surface area contributed by atoms with Crippen molar-refractivity contribution in [2.24, 2.45) is 11.8 Å². The second-order valence-electron chi connectivity index (χ2n) is 6.47. The van der Waals surface area contributed by atoms with Gasteiger partial charge in [-0.2, -0.15) is 0 Å². The van der Waals surface area contributed by atoms with Crippen molar-refractivity contribution < 1.29 is 4.39 Å². The van der Waals surface area contributed by atoms with Gasteiger partial charge in [0.25, 0.3) is 0 Å². The molecule has 0 bridgehead atoms.